The Bertz CT molecular complexity index is 430. The van der Waals surface area contributed by atoms with E-state index in [4.69, 9.17) is 4.55 Å². The van der Waals surface area contributed by atoms with Gasteiger partial charge in [-0.3, -0.25) is 4.55 Å². The maximum Gasteiger partial charge on any atom is 0.265 e. The number of hydrogen-bond donors (Lipinski definition) is 1. The van der Waals surface area contributed by atoms with Crippen LogP contribution < -0.4 is 0 Å². The molecule has 1 aliphatic heterocycles. The second-order valence-corrected chi connectivity index (χ2v) is 4.75. The summed E-state index contributed by atoms with van der Waals surface area (Å²) in [6.45, 7) is 4.34. The van der Waals surface area contributed by atoms with Gasteiger partial charge in [-0.05, 0) is 11.6 Å². The van der Waals surface area contributed by atoms with Gasteiger partial charge in [0.2, 0.25) is 0 Å². The zero-order valence-corrected chi connectivity index (χ0v) is 9.15. The Morgan fingerprint density at radius 3 is 2.80 bits per heavy atom. The molecule has 0 saturated carbocycles. The smallest absolute Gasteiger partial charge is 0.265 e. The molecule has 1 rings (SSSR count). The first kappa shape index (κ1) is 11.9. The minimum Gasteiger partial charge on any atom is -0.286 e. The van der Waals surface area contributed by atoms with Crippen LogP contribution in [0.25, 0.3) is 0 Å². The standard InChI is InChI=1S/C10H13NO3S/c1-2-10-4-7-11(8-5-10)6-3-9-15(12,13)14/h2,4-7H,1,3,8-9H2/p+1. The Morgan fingerprint density at radius 2 is 2.33 bits per heavy atom. The fourth-order valence-corrected chi connectivity index (χ4v) is 1.58. The quantitative estimate of drug-likeness (QED) is 0.576. The van der Waals surface area contributed by atoms with Gasteiger partial charge in [0.15, 0.2) is 12.7 Å². The lowest BCUT2D eigenvalue weighted by molar-refractivity contribution is -0.442. The lowest BCUT2D eigenvalue weighted by Gasteiger charge is -2.00. The molecule has 1 aliphatic rings. The zero-order chi connectivity index (χ0) is 11.3. The van der Waals surface area contributed by atoms with E-state index in [0.717, 1.165) is 5.57 Å². The molecule has 4 nitrogen and oxygen atoms in total. The summed E-state index contributed by atoms with van der Waals surface area (Å²) in [5.74, 6) is -0.241. The van der Waals surface area contributed by atoms with E-state index in [-0.39, 0.29) is 5.75 Å². The van der Waals surface area contributed by atoms with Crippen molar-refractivity contribution in [3.8, 4) is 0 Å². The molecular weight excluding hydrogens is 214 g/mol. The second-order valence-electron chi connectivity index (χ2n) is 3.18. The molecule has 15 heavy (non-hydrogen) atoms. The lowest BCUT2D eigenvalue weighted by Crippen LogP contribution is -2.12. The number of hydrogen-bond acceptors (Lipinski definition) is 2. The van der Waals surface area contributed by atoms with Crippen molar-refractivity contribution in [1.29, 1.82) is 0 Å². The van der Waals surface area contributed by atoms with Crippen LogP contribution in [-0.2, 0) is 10.1 Å². The highest BCUT2D eigenvalue weighted by atomic mass is 32.2. The van der Waals surface area contributed by atoms with E-state index in [9.17, 15) is 8.42 Å². The molecule has 82 valence electrons. The van der Waals surface area contributed by atoms with Crippen LogP contribution in [0.3, 0.4) is 0 Å². The molecule has 0 atom stereocenters. The summed E-state index contributed by atoms with van der Waals surface area (Å²) < 4.78 is 31.3. The van der Waals surface area contributed by atoms with Crippen LogP contribution in [0.5, 0.6) is 0 Å². The first-order valence-corrected chi connectivity index (χ1v) is 6.17. The van der Waals surface area contributed by atoms with Crippen LogP contribution in [0.15, 0.2) is 36.6 Å². The van der Waals surface area contributed by atoms with Crippen molar-refractivity contribution in [1.82, 2.24) is 0 Å². The van der Waals surface area contributed by atoms with Gasteiger partial charge in [0.1, 0.15) is 6.21 Å². The average Bonchev–Trinajstić information content (AvgIpc) is 2.17. The predicted octanol–water partition coefficient (Wildman–Crippen LogP) is 0.987. The topological polar surface area (TPSA) is 57.4 Å². The predicted molar refractivity (Wildman–Crippen MR) is 59.6 cm³/mol. The number of rotatable bonds is 4. The monoisotopic (exact) mass is 228 g/mol. The summed E-state index contributed by atoms with van der Waals surface area (Å²) in [7, 11) is -3.85. The first-order chi connectivity index (χ1) is 7.01. The van der Waals surface area contributed by atoms with Crippen molar-refractivity contribution in [2.45, 2.75) is 6.42 Å². The van der Waals surface area contributed by atoms with E-state index in [1.807, 2.05) is 22.9 Å². The molecule has 0 aromatic heterocycles. The van der Waals surface area contributed by atoms with Gasteiger partial charge in [-0.25, -0.2) is 4.58 Å². The van der Waals surface area contributed by atoms with Gasteiger partial charge in [0.25, 0.3) is 10.1 Å². The molecule has 0 saturated heterocycles. The molecule has 1 N–H and O–H groups in total. The van der Waals surface area contributed by atoms with E-state index in [2.05, 4.69) is 6.58 Å². The average molecular weight is 228 g/mol. The molecule has 0 amide bonds. The zero-order valence-electron chi connectivity index (χ0n) is 8.33. The van der Waals surface area contributed by atoms with Gasteiger partial charge in [0.05, 0.1) is 5.75 Å². The molecule has 5 heteroatoms. The highest BCUT2D eigenvalue weighted by Crippen LogP contribution is 2.03. The van der Waals surface area contributed by atoms with Crippen molar-refractivity contribution < 1.29 is 17.5 Å². The first-order valence-electron chi connectivity index (χ1n) is 4.56. The molecule has 0 aliphatic carbocycles. The van der Waals surface area contributed by atoms with Gasteiger partial charge in [0, 0.05) is 12.5 Å². The maximum atomic E-state index is 10.4. The molecule has 0 fully saturated rings. The molecule has 0 spiro atoms. The van der Waals surface area contributed by atoms with Gasteiger partial charge < -0.3 is 0 Å². The minimum absolute atomic E-state index is 0.241. The largest absolute Gasteiger partial charge is 0.286 e. The summed E-state index contributed by atoms with van der Waals surface area (Å²) in [5, 5.41) is 0. The molecule has 0 unspecified atom stereocenters. The number of nitrogens with zero attached hydrogens (tertiary/aromatic N) is 1. The molecular formula is C10H14NO3S+. The normalized spacial score (nSPS) is 19.0. The Kier molecular flexibility index (Phi) is 3.99. The van der Waals surface area contributed by atoms with Crippen molar-refractivity contribution >= 4 is 16.3 Å². The summed E-state index contributed by atoms with van der Waals surface area (Å²) in [4.78, 5) is 0. The fourth-order valence-electron chi connectivity index (χ4n) is 1.18. The van der Waals surface area contributed by atoms with E-state index in [0.29, 0.717) is 13.0 Å². The van der Waals surface area contributed by atoms with Crippen LogP contribution in [-0.4, -0.2) is 36.1 Å². The Labute approximate surface area is 89.7 Å². The molecule has 0 aromatic carbocycles. The van der Waals surface area contributed by atoms with Gasteiger partial charge in [-0.15, -0.1) is 0 Å². The van der Waals surface area contributed by atoms with Gasteiger partial charge >= 0.3 is 0 Å². The van der Waals surface area contributed by atoms with Crippen molar-refractivity contribution in [2.75, 3.05) is 12.3 Å². The van der Waals surface area contributed by atoms with Crippen LogP contribution in [0.1, 0.15) is 6.42 Å². The van der Waals surface area contributed by atoms with Crippen LogP contribution in [0.2, 0.25) is 0 Å². The number of allylic oxidation sites excluding steroid dienone is 3. The molecule has 0 radical (unpaired) electrons. The van der Waals surface area contributed by atoms with Crippen molar-refractivity contribution in [3.05, 3.63) is 36.6 Å². The van der Waals surface area contributed by atoms with E-state index in [1.165, 1.54) is 0 Å². The van der Waals surface area contributed by atoms with Crippen molar-refractivity contribution in [2.24, 2.45) is 0 Å². The van der Waals surface area contributed by atoms with E-state index >= 15 is 0 Å². The van der Waals surface area contributed by atoms with Gasteiger partial charge in [-0.2, -0.15) is 8.42 Å². The summed E-state index contributed by atoms with van der Waals surface area (Å²) in [5.41, 5.74) is 1.05. The maximum absolute atomic E-state index is 10.4. The molecule has 0 aromatic rings. The molecule has 0 bridgehead atoms. The third-order valence-electron chi connectivity index (χ3n) is 1.97. The summed E-state index contributed by atoms with van der Waals surface area (Å²) >= 11 is 0. The fraction of sp³-hybridized carbons (Fsp3) is 0.300. The third kappa shape index (κ3) is 4.71. The highest BCUT2D eigenvalue weighted by Gasteiger charge is 2.07. The highest BCUT2D eigenvalue weighted by molar-refractivity contribution is 7.85. The summed E-state index contributed by atoms with van der Waals surface area (Å²) in [6, 6.07) is 0. The second kappa shape index (κ2) is 5.04. The van der Waals surface area contributed by atoms with Gasteiger partial charge in [-0.1, -0.05) is 12.7 Å². The molecule has 1 heterocycles. The van der Waals surface area contributed by atoms with Crippen LogP contribution in [0.4, 0.5) is 0 Å². The Balaban J connectivity index is 2.49. The van der Waals surface area contributed by atoms with Crippen LogP contribution >= 0.6 is 0 Å². The Hall–Kier alpha value is -1.20. The summed E-state index contributed by atoms with van der Waals surface area (Å²) in [6.07, 6.45) is 9.52. The Morgan fingerprint density at radius 1 is 1.60 bits per heavy atom. The third-order valence-corrected chi connectivity index (χ3v) is 2.72. The van der Waals surface area contributed by atoms with E-state index in [1.54, 1.807) is 12.3 Å². The van der Waals surface area contributed by atoms with Crippen LogP contribution in [0, 0.1) is 0 Å². The lowest BCUT2D eigenvalue weighted by atomic mass is 10.2. The SMILES string of the molecule is C=CC1=CC[N+](=CCCS(=O)(=O)O)C=C1. The van der Waals surface area contributed by atoms with E-state index < -0.39 is 10.1 Å². The minimum atomic E-state index is -3.85. The van der Waals surface area contributed by atoms with Crippen molar-refractivity contribution in [3.63, 3.8) is 0 Å².